The zero-order valence-corrected chi connectivity index (χ0v) is 18.0. The number of amides is 2. The van der Waals surface area contributed by atoms with Crippen LogP contribution in [0.5, 0.6) is 0 Å². The number of nitrogens with one attached hydrogen (secondary N) is 1. The molecule has 2 heterocycles. The van der Waals surface area contributed by atoms with Gasteiger partial charge in [-0.15, -0.1) is 0 Å². The monoisotopic (exact) mass is 463 g/mol. The summed E-state index contributed by atoms with van der Waals surface area (Å²) >= 11 is 0. The minimum atomic E-state index is -1.05. The number of anilines is 3. The number of nitrogens with zero attached hydrogens (tertiary/aromatic N) is 2. The molecule has 5 nitrogen and oxygen atoms in total. The third kappa shape index (κ3) is 3.91. The van der Waals surface area contributed by atoms with E-state index in [0.29, 0.717) is 22.2 Å². The summed E-state index contributed by atoms with van der Waals surface area (Å²) in [6, 6.07) is 15.1. The van der Waals surface area contributed by atoms with Gasteiger partial charge in [-0.1, -0.05) is 12.1 Å². The molecule has 2 aliphatic rings. The Balaban J connectivity index is 1.53. The van der Waals surface area contributed by atoms with E-state index in [4.69, 9.17) is 0 Å². The predicted molar refractivity (Wildman–Crippen MR) is 124 cm³/mol. The second kappa shape index (κ2) is 8.70. The first-order valence-corrected chi connectivity index (χ1v) is 10.9. The Bertz CT molecular complexity index is 1300. The van der Waals surface area contributed by atoms with Crippen LogP contribution in [0.2, 0.25) is 0 Å². The summed E-state index contributed by atoms with van der Waals surface area (Å²) in [7, 11) is 0. The van der Waals surface area contributed by atoms with Gasteiger partial charge < -0.3 is 10.2 Å². The van der Waals surface area contributed by atoms with Gasteiger partial charge in [-0.05, 0) is 66.9 Å². The first-order valence-electron chi connectivity index (χ1n) is 10.9. The third-order valence-corrected chi connectivity index (χ3v) is 5.98. The van der Waals surface area contributed by atoms with Gasteiger partial charge in [0.05, 0.1) is 11.3 Å². The van der Waals surface area contributed by atoms with E-state index in [1.54, 1.807) is 12.1 Å². The molecule has 0 atom stereocenters. The molecular formula is C26H20F3N3O2. The van der Waals surface area contributed by atoms with Crippen molar-refractivity contribution in [2.45, 2.75) is 12.8 Å². The van der Waals surface area contributed by atoms with E-state index in [0.717, 1.165) is 43.8 Å². The van der Waals surface area contributed by atoms with Gasteiger partial charge in [-0.3, -0.25) is 9.59 Å². The zero-order valence-electron chi connectivity index (χ0n) is 18.0. The van der Waals surface area contributed by atoms with Crippen molar-refractivity contribution in [3.05, 3.63) is 95.4 Å². The summed E-state index contributed by atoms with van der Waals surface area (Å²) in [6.45, 7) is 1.97. The highest BCUT2D eigenvalue weighted by atomic mass is 19.1. The molecule has 2 amide bonds. The minimum absolute atomic E-state index is 0.0302. The van der Waals surface area contributed by atoms with E-state index in [9.17, 15) is 22.8 Å². The van der Waals surface area contributed by atoms with Gasteiger partial charge in [0, 0.05) is 30.5 Å². The average Bonchev–Trinajstić information content (AvgIpc) is 3.44. The summed E-state index contributed by atoms with van der Waals surface area (Å²) in [5, 5.41) is 2.99. The van der Waals surface area contributed by atoms with Crippen LogP contribution in [0.15, 0.2) is 72.4 Å². The summed E-state index contributed by atoms with van der Waals surface area (Å²) in [6.07, 6.45) is 2.28. The van der Waals surface area contributed by atoms with Crippen LogP contribution in [-0.2, 0) is 9.59 Å². The van der Waals surface area contributed by atoms with Crippen molar-refractivity contribution in [3.8, 4) is 0 Å². The Labute approximate surface area is 194 Å². The molecule has 0 saturated carbocycles. The number of benzene rings is 3. The maximum Gasteiger partial charge on any atom is 0.282 e. The Hall–Kier alpha value is -4.07. The molecule has 0 unspecified atom stereocenters. The first-order chi connectivity index (χ1) is 16.4. The van der Waals surface area contributed by atoms with Gasteiger partial charge in [0.1, 0.15) is 23.1 Å². The van der Waals surface area contributed by atoms with Crippen molar-refractivity contribution in [1.82, 2.24) is 0 Å². The number of carbonyl (C=O) groups is 2. The van der Waals surface area contributed by atoms with Crippen LogP contribution >= 0.6 is 0 Å². The van der Waals surface area contributed by atoms with Crippen LogP contribution in [0.1, 0.15) is 18.4 Å². The van der Waals surface area contributed by atoms with Crippen molar-refractivity contribution >= 4 is 34.4 Å². The predicted octanol–water partition coefficient (Wildman–Crippen LogP) is 5.10. The largest absolute Gasteiger partial charge is 0.372 e. The summed E-state index contributed by atoms with van der Waals surface area (Å²) in [5.41, 5.74) is 1.43. The second-order valence-electron chi connectivity index (χ2n) is 8.16. The van der Waals surface area contributed by atoms with Crippen LogP contribution in [0.25, 0.3) is 5.57 Å². The molecule has 1 fully saturated rings. The summed E-state index contributed by atoms with van der Waals surface area (Å²) in [5.74, 6) is -3.97. The molecule has 0 spiro atoms. The van der Waals surface area contributed by atoms with E-state index in [1.807, 2.05) is 12.1 Å². The van der Waals surface area contributed by atoms with Crippen molar-refractivity contribution in [2.24, 2.45) is 0 Å². The molecule has 3 aromatic carbocycles. The minimum Gasteiger partial charge on any atom is -0.372 e. The highest BCUT2D eigenvalue weighted by Crippen LogP contribution is 2.35. The number of carbonyl (C=O) groups excluding carboxylic acids is 2. The molecule has 2 aliphatic heterocycles. The Kier molecular flexibility index (Phi) is 5.57. The fourth-order valence-electron chi connectivity index (χ4n) is 4.29. The SMILES string of the molecule is O=C1C(Nc2ccc(N3CCCC3)cc2)=C(c2ccc(F)cc2)C(=O)N1c1ccc(F)cc1F. The molecule has 1 saturated heterocycles. The number of hydrogen-bond donors (Lipinski definition) is 1. The lowest BCUT2D eigenvalue weighted by molar-refractivity contribution is -0.120. The van der Waals surface area contributed by atoms with Crippen molar-refractivity contribution in [3.63, 3.8) is 0 Å². The van der Waals surface area contributed by atoms with Gasteiger partial charge in [-0.2, -0.15) is 0 Å². The second-order valence-corrected chi connectivity index (χ2v) is 8.16. The highest BCUT2D eigenvalue weighted by Gasteiger charge is 2.41. The van der Waals surface area contributed by atoms with Gasteiger partial charge in [0.2, 0.25) is 0 Å². The van der Waals surface area contributed by atoms with E-state index in [2.05, 4.69) is 10.2 Å². The van der Waals surface area contributed by atoms with Crippen molar-refractivity contribution in [2.75, 3.05) is 28.2 Å². The zero-order chi connectivity index (χ0) is 23.8. The van der Waals surface area contributed by atoms with E-state index in [-0.39, 0.29) is 17.0 Å². The molecule has 0 aromatic heterocycles. The van der Waals surface area contributed by atoms with Gasteiger partial charge in [0.25, 0.3) is 11.8 Å². The molecule has 8 heteroatoms. The molecule has 0 aliphatic carbocycles. The maximum atomic E-state index is 14.5. The number of rotatable bonds is 5. The smallest absolute Gasteiger partial charge is 0.282 e. The Morgan fingerprint density at radius 1 is 0.735 bits per heavy atom. The number of halogens is 3. The van der Waals surface area contributed by atoms with Crippen LogP contribution in [0, 0.1) is 17.5 Å². The Morgan fingerprint density at radius 3 is 2.03 bits per heavy atom. The lowest BCUT2D eigenvalue weighted by atomic mass is 10.0. The first kappa shape index (κ1) is 21.8. The molecule has 3 aromatic rings. The highest BCUT2D eigenvalue weighted by molar-refractivity contribution is 6.46. The molecule has 5 rings (SSSR count). The molecule has 0 radical (unpaired) electrons. The normalized spacial score (nSPS) is 16.1. The molecule has 172 valence electrons. The fraction of sp³-hybridized carbons (Fsp3) is 0.154. The standard InChI is InChI=1S/C26H20F3N3O2/c27-17-5-3-16(4-6-17)23-24(30-19-8-10-20(11-9-19)31-13-1-2-14-31)26(34)32(25(23)33)22-12-7-18(28)15-21(22)29/h3-12,15,30H,1-2,13-14H2. The van der Waals surface area contributed by atoms with Crippen LogP contribution in [0.4, 0.5) is 30.2 Å². The summed E-state index contributed by atoms with van der Waals surface area (Å²) < 4.78 is 41.4. The van der Waals surface area contributed by atoms with Crippen LogP contribution < -0.4 is 15.1 Å². The van der Waals surface area contributed by atoms with Crippen LogP contribution in [0.3, 0.4) is 0 Å². The lowest BCUT2D eigenvalue weighted by Gasteiger charge is -2.18. The quantitative estimate of drug-likeness (QED) is 0.535. The van der Waals surface area contributed by atoms with E-state index >= 15 is 0 Å². The fourth-order valence-corrected chi connectivity index (χ4v) is 4.29. The van der Waals surface area contributed by atoms with Gasteiger partial charge >= 0.3 is 0 Å². The van der Waals surface area contributed by atoms with Crippen molar-refractivity contribution in [1.29, 1.82) is 0 Å². The molecule has 34 heavy (non-hydrogen) atoms. The summed E-state index contributed by atoms with van der Waals surface area (Å²) in [4.78, 5) is 29.6. The maximum absolute atomic E-state index is 14.5. The molecule has 1 N–H and O–H groups in total. The lowest BCUT2D eigenvalue weighted by Crippen LogP contribution is -2.33. The number of imide groups is 1. The molecular weight excluding hydrogens is 443 g/mol. The Morgan fingerprint density at radius 2 is 1.38 bits per heavy atom. The number of hydrogen-bond acceptors (Lipinski definition) is 4. The average molecular weight is 463 g/mol. The van der Waals surface area contributed by atoms with E-state index in [1.165, 1.54) is 24.3 Å². The van der Waals surface area contributed by atoms with Crippen molar-refractivity contribution < 1.29 is 22.8 Å². The van der Waals surface area contributed by atoms with Crippen LogP contribution in [-0.4, -0.2) is 24.9 Å². The van der Waals surface area contributed by atoms with Gasteiger partial charge in [-0.25, -0.2) is 18.1 Å². The third-order valence-electron chi connectivity index (χ3n) is 5.98. The van der Waals surface area contributed by atoms with E-state index < -0.39 is 29.3 Å². The molecule has 0 bridgehead atoms. The van der Waals surface area contributed by atoms with Gasteiger partial charge in [0.15, 0.2) is 0 Å². The topological polar surface area (TPSA) is 52.7 Å².